The first-order valence-corrected chi connectivity index (χ1v) is 4.55. The summed E-state index contributed by atoms with van der Waals surface area (Å²) in [5, 5.41) is 0. The molecule has 1 aliphatic rings. The van der Waals surface area contributed by atoms with Crippen molar-refractivity contribution in [1.29, 1.82) is 0 Å². The smallest absolute Gasteiger partial charge is 0.426 e. The standard InChI is InChI=1S/C10H10F3NO/c11-10(12,13)9-7(14)5-6-3-1-2-4-8(6)15-9/h1-4,7,9H,5,14H2/t7-,9+/m1/s1. The molecule has 2 nitrogen and oxygen atoms in total. The first-order valence-electron chi connectivity index (χ1n) is 4.55. The monoisotopic (exact) mass is 217 g/mol. The van der Waals surface area contributed by atoms with Gasteiger partial charge in [-0.05, 0) is 18.1 Å². The quantitative estimate of drug-likeness (QED) is 0.720. The highest BCUT2D eigenvalue weighted by atomic mass is 19.4. The first kappa shape index (κ1) is 10.3. The molecule has 0 radical (unpaired) electrons. The molecule has 0 fully saturated rings. The highest BCUT2D eigenvalue weighted by molar-refractivity contribution is 5.36. The van der Waals surface area contributed by atoms with Gasteiger partial charge < -0.3 is 10.5 Å². The zero-order valence-corrected chi connectivity index (χ0v) is 7.79. The molecular weight excluding hydrogens is 207 g/mol. The maximum atomic E-state index is 12.5. The van der Waals surface area contributed by atoms with E-state index in [2.05, 4.69) is 0 Å². The summed E-state index contributed by atoms with van der Waals surface area (Å²) in [5.74, 6) is 0.279. The summed E-state index contributed by atoms with van der Waals surface area (Å²) in [6.45, 7) is 0. The molecule has 1 heterocycles. The zero-order valence-electron chi connectivity index (χ0n) is 7.79. The van der Waals surface area contributed by atoms with E-state index in [1.807, 2.05) is 0 Å². The number of hydrogen-bond acceptors (Lipinski definition) is 2. The lowest BCUT2D eigenvalue weighted by atomic mass is 9.97. The number of para-hydroxylation sites is 1. The molecule has 2 atom stereocenters. The lowest BCUT2D eigenvalue weighted by Crippen LogP contribution is -2.52. The third kappa shape index (κ3) is 1.92. The topological polar surface area (TPSA) is 35.2 Å². The molecule has 15 heavy (non-hydrogen) atoms. The van der Waals surface area contributed by atoms with Gasteiger partial charge in [0.25, 0.3) is 0 Å². The molecule has 1 aromatic rings. The minimum atomic E-state index is -4.41. The van der Waals surface area contributed by atoms with E-state index in [-0.39, 0.29) is 12.2 Å². The maximum absolute atomic E-state index is 12.5. The van der Waals surface area contributed by atoms with Crippen LogP contribution >= 0.6 is 0 Å². The van der Waals surface area contributed by atoms with E-state index >= 15 is 0 Å². The summed E-state index contributed by atoms with van der Waals surface area (Å²) >= 11 is 0. The van der Waals surface area contributed by atoms with Crippen LogP contribution in [0.25, 0.3) is 0 Å². The SMILES string of the molecule is N[C@@H]1Cc2ccccc2O[C@@H]1C(F)(F)F. The average Bonchev–Trinajstić information content (AvgIpc) is 2.15. The summed E-state index contributed by atoms with van der Waals surface area (Å²) in [7, 11) is 0. The molecule has 0 bridgehead atoms. The number of halogens is 3. The van der Waals surface area contributed by atoms with Gasteiger partial charge in [0.05, 0.1) is 6.04 Å². The van der Waals surface area contributed by atoms with Crippen molar-refractivity contribution in [2.24, 2.45) is 5.73 Å². The number of hydrogen-bond donors (Lipinski definition) is 1. The number of nitrogens with two attached hydrogens (primary N) is 1. The summed E-state index contributed by atoms with van der Waals surface area (Å²) in [6, 6.07) is 5.62. The van der Waals surface area contributed by atoms with Crippen molar-refractivity contribution in [2.45, 2.75) is 24.7 Å². The molecule has 2 N–H and O–H groups in total. The Bertz CT molecular complexity index is 364. The van der Waals surface area contributed by atoms with Crippen LogP contribution in [0, 0.1) is 0 Å². The van der Waals surface area contributed by atoms with Crippen molar-refractivity contribution in [2.75, 3.05) is 0 Å². The van der Waals surface area contributed by atoms with Crippen molar-refractivity contribution < 1.29 is 17.9 Å². The third-order valence-electron chi connectivity index (χ3n) is 2.39. The summed E-state index contributed by atoms with van der Waals surface area (Å²) in [6.07, 6.45) is -6.11. The number of ether oxygens (including phenoxy) is 1. The van der Waals surface area contributed by atoms with Gasteiger partial charge in [-0.15, -0.1) is 0 Å². The second kappa shape index (κ2) is 3.41. The third-order valence-corrected chi connectivity index (χ3v) is 2.39. The van der Waals surface area contributed by atoms with Crippen LogP contribution in [0.15, 0.2) is 24.3 Å². The lowest BCUT2D eigenvalue weighted by Gasteiger charge is -2.32. The van der Waals surface area contributed by atoms with Gasteiger partial charge in [0.2, 0.25) is 6.10 Å². The van der Waals surface area contributed by atoms with E-state index in [9.17, 15) is 13.2 Å². The van der Waals surface area contributed by atoms with E-state index in [0.29, 0.717) is 0 Å². The second-order valence-electron chi connectivity index (χ2n) is 3.56. The largest absolute Gasteiger partial charge is 0.479 e. The number of fused-ring (bicyclic) bond motifs is 1. The Morgan fingerprint density at radius 3 is 2.60 bits per heavy atom. The van der Waals surface area contributed by atoms with Gasteiger partial charge >= 0.3 is 6.18 Å². The van der Waals surface area contributed by atoms with Gasteiger partial charge in [-0.25, -0.2) is 0 Å². The Kier molecular flexibility index (Phi) is 2.34. The predicted molar refractivity (Wildman–Crippen MR) is 48.6 cm³/mol. The van der Waals surface area contributed by atoms with Crippen LogP contribution in [0.2, 0.25) is 0 Å². The molecule has 0 saturated carbocycles. The number of benzene rings is 1. The average molecular weight is 217 g/mol. The van der Waals surface area contributed by atoms with Gasteiger partial charge in [0.1, 0.15) is 5.75 Å². The van der Waals surface area contributed by atoms with E-state index in [4.69, 9.17) is 10.5 Å². The normalized spacial score (nSPS) is 25.6. The molecule has 0 unspecified atom stereocenters. The van der Waals surface area contributed by atoms with Gasteiger partial charge in [0.15, 0.2) is 0 Å². The molecule has 0 amide bonds. The highest BCUT2D eigenvalue weighted by Gasteiger charge is 2.47. The van der Waals surface area contributed by atoms with Crippen LogP contribution in [0.5, 0.6) is 5.75 Å². The van der Waals surface area contributed by atoms with E-state index in [1.54, 1.807) is 18.2 Å². The van der Waals surface area contributed by atoms with Crippen molar-refractivity contribution in [3.63, 3.8) is 0 Å². The maximum Gasteiger partial charge on any atom is 0.426 e. The predicted octanol–water partition coefficient (Wildman–Crippen LogP) is 1.88. The van der Waals surface area contributed by atoms with Crippen LogP contribution < -0.4 is 10.5 Å². The van der Waals surface area contributed by atoms with E-state index in [0.717, 1.165) is 5.56 Å². The molecule has 5 heteroatoms. The Morgan fingerprint density at radius 1 is 1.27 bits per heavy atom. The Balaban J connectivity index is 2.30. The van der Waals surface area contributed by atoms with E-state index in [1.165, 1.54) is 6.07 Å². The number of alkyl halides is 3. The number of rotatable bonds is 0. The van der Waals surface area contributed by atoms with E-state index < -0.39 is 18.3 Å². The van der Waals surface area contributed by atoms with Crippen molar-refractivity contribution >= 4 is 0 Å². The fourth-order valence-corrected chi connectivity index (χ4v) is 1.68. The van der Waals surface area contributed by atoms with Gasteiger partial charge in [-0.3, -0.25) is 0 Å². The molecule has 2 rings (SSSR count). The summed E-state index contributed by atoms with van der Waals surface area (Å²) < 4.78 is 42.3. The van der Waals surface area contributed by atoms with Gasteiger partial charge in [0, 0.05) is 0 Å². The highest BCUT2D eigenvalue weighted by Crippen LogP contribution is 2.34. The minimum absolute atomic E-state index is 0.195. The molecule has 0 spiro atoms. The zero-order chi connectivity index (χ0) is 11.1. The van der Waals surface area contributed by atoms with Crippen LogP contribution in [-0.2, 0) is 6.42 Å². The van der Waals surface area contributed by atoms with Crippen LogP contribution in [0.1, 0.15) is 5.56 Å². The summed E-state index contributed by atoms with van der Waals surface area (Å²) in [5.41, 5.74) is 6.16. The fraction of sp³-hybridized carbons (Fsp3) is 0.400. The Morgan fingerprint density at radius 2 is 1.93 bits per heavy atom. The molecule has 0 aliphatic carbocycles. The van der Waals surface area contributed by atoms with Crippen molar-refractivity contribution in [1.82, 2.24) is 0 Å². The lowest BCUT2D eigenvalue weighted by molar-refractivity contribution is -0.203. The molecule has 0 aromatic heterocycles. The molecule has 1 aromatic carbocycles. The van der Waals surface area contributed by atoms with Crippen LogP contribution in [0.3, 0.4) is 0 Å². The molecule has 82 valence electrons. The Labute approximate surface area is 84.8 Å². The van der Waals surface area contributed by atoms with Gasteiger partial charge in [-0.2, -0.15) is 13.2 Å². The van der Waals surface area contributed by atoms with Crippen molar-refractivity contribution in [3.8, 4) is 5.75 Å². The van der Waals surface area contributed by atoms with Crippen LogP contribution in [-0.4, -0.2) is 18.3 Å². The molecule has 0 saturated heterocycles. The first-order chi connectivity index (χ1) is 6.98. The summed E-state index contributed by atoms with van der Waals surface area (Å²) in [4.78, 5) is 0. The fourth-order valence-electron chi connectivity index (χ4n) is 1.68. The van der Waals surface area contributed by atoms with Crippen molar-refractivity contribution in [3.05, 3.63) is 29.8 Å². The van der Waals surface area contributed by atoms with Crippen LogP contribution in [0.4, 0.5) is 13.2 Å². The second-order valence-corrected chi connectivity index (χ2v) is 3.56. The molecular formula is C10H10F3NO. The Hall–Kier alpha value is -1.23. The molecule has 1 aliphatic heterocycles. The minimum Gasteiger partial charge on any atom is -0.479 e. The van der Waals surface area contributed by atoms with Gasteiger partial charge in [-0.1, -0.05) is 18.2 Å².